The summed E-state index contributed by atoms with van der Waals surface area (Å²) in [6.07, 6.45) is 0. The second-order valence-corrected chi connectivity index (χ2v) is 4.77. The molecule has 0 aliphatic rings. The highest BCUT2D eigenvalue weighted by atomic mass is 35.5. The van der Waals surface area contributed by atoms with Gasteiger partial charge in [0.1, 0.15) is 11.8 Å². The Morgan fingerprint density at radius 3 is 2.68 bits per heavy atom. The predicted molar refractivity (Wildman–Crippen MR) is 75.7 cm³/mol. The third-order valence-corrected chi connectivity index (χ3v) is 3.31. The maximum absolute atomic E-state index is 9.11. The molecule has 0 atom stereocenters. The third-order valence-electron chi connectivity index (χ3n) is 2.73. The van der Waals surface area contributed by atoms with Crippen molar-refractivity contribution in [1.82, 2.24) is 4.57 Å². The first-order chi connectivity index (χ1) is 9.06. The molecule has 2 rings (SSSR count). The van der Waals surface area contributed by atoms with E-state index in [0.717, 1.165) is 5.56 Å². The number of nitriles is 1. The number of halogens is 2. The predicted octanol–water partition coefficient (Wildman–Crippen LogP) is 3.31. The summed E-state index contributed by atoms with van der Waals surface area (Å²) in [7, 11) is 1.51. The number of rotatable bonds is 3. The average molecular weight is 296 g/mol. The number of hydrogen-bond donors (Lipinski definition) is 1. The van der Waals surface area contributed by atoms with Crippen LogP contribution in [-0.2, 0) is 6.54 Å². The molecule has 0 aliphatic carbocycles. The van der Waals surface area contributed by atoms with E-state index in [1.807, 2.05) is 0 Å². The van der Waals surface area contributed by atoms with Crippen LogP contribution in [-0.4, -0.2) is 11.7 Å². The summed E-state index contributed by atoms with van der Waals surface area (Å²) >= 11 is 12.0. The number of ether oxygens (including phenoxy) is 1. The summed E-state index contributed by atoms with van der Waals surface area (Å²) in [6.45, 7) is 0.388. The standard InChI is InChI=1S/C13H11Cl2N3O/c1-19-13-12(17)5-10(6-16)18(13)7-8-2-3-9(14)4-11(8)15/h2-5H,7,17H2,1H3. The Morgan fingerprint density at radius 1 is 1.37 bits per heavy atom. The van der Waals surface area contributed by atoms with Crippen LogP contribution in [0.1, 0.15) is 11.3 Å². The van der Waals surface area contributed by atoms with Crippen molar-refractivity contribution in [3.8, 4) is 11.9 Å². The Bertz CT molecular complexity index is 659. The van der Waals surface area contributed by atoms with Crippen molar-refractivity contribution in [3.05, 3.63) is 45.6 Å². The lowest BCUT2D eigenvalue weighted by Crippen LogP contribution is -2.05. The molecule has 0 amide bonds. The summed E-state index contributed by atoms with van der Waals surface area (Å²) in [5.74, 6) is 0.447. The van der Waals surface area contributed by atoms with E-state index in [-0.39, 0.29) is 0 Å². The molecule has 0 radical (unpaired) electrons. The number of nitrogens with two attached hydrogens (primary N) is 1. The first-order valence-corrected chi connectivity index (χ1v) is 6.19. The minimum Gasteiger partial charge on any atom is -0.481 e. The molecule has 0 fully saturated rings. The van der Waals surface area contributed by atoms with E-state index in [4.69, 9.17) is 38.9 Å². The molecule has 4 nitrogen and oxygen atoms in total. The highest BCUT2D eigenvalue weighted by molar-refractivity contribution is 6.35. The van der Waals surface area contributed by atoms with Crippen molar-refractivity contribution in [3.63, 3.8) is 0 Å². The molecule has 98 valence electrons. The Labute approximate surface area is 120 Å². The molecule has 2 N–H and O–H groups in total. The van der Waals surface area contributed by atoms with Gasteiger partial charge in [-0.2, -0.15) is 5.26 Å². The van der Waals surface area contributed by atoms with Crippen molar-refractivity contribution in [1.29, 1.82) is 5.26 Å². The lowest BCUT2D eigenvalue weighted by atomic mass is 10.2. The molecule has 0 saturated carbocycles. The zero-order valence-electron chi connectivity index (χ0n) is 10.2. The van der Waals surface area contributed by atoms with Gasteiger partial charge in [-0.05, 0) is 17.7 Å². The maximum Gasteiger partial charge on any atom is 0.218 e. The lowest BCUT2D eigenvalue weighted by Gasteiger charge is -2.11. The Kier molecular flexibility index (Phi) is 3.89. The smallest absolute Gasteiger partial charge is 0.218 e. The van der Waals surface area contributed by atoms with E-state index in [1.165, 1.54) is 7.11 Å². The molecule has 19 heavy (non-hydrogen) atoms. The molecule has 0 unspecified atom stereocenters. The molecule has 2 aromatic rings. The first kappa shape index (κ1) is 13.6. The minimum atomic E-state index is 0.388. The van der Waals surface area contributed by atoms with Crippen molar-refractivity contribution in [2.45, 2.75) is 6.54 Å². The highest BCUT2D eigenvalue weighted by Gasteiger charge is 2.15. The zero-order valence-corrected chi connectivity index (χ0v) is 11.7. The van der Waals surface area contributed by atoms with Crippen LogP contribution in [0, 0.1) is 11.3 Å². The molecular weight excluding hydrogens is 285 g/mol. The van der Waals surface area contributed by atoms with Gasteiger partial charge in [0.05, 0.1) is 19.3 Å². The van der Waals surface area contributed by atoms with Gasteiger partial charge in [0.25, 0.3) is 0 Å². The van der Waals surface area contributed by atoms with Gasteiger partial charge in [-0.15, -0.1) is 0 Å². The molecule has 1 aromatic heterocycles. The number of hydrogen-bond acceptors (Lipinski definition) is 3. The molecule has 0 saturated heterocycles. The summed E-state index contributed by atoms with van der Waals surface area (Å²) in [6, 6.07) is 8.86. The molecule has 0 spiro atoms. The summed E-state index contributed by atoms with van der Waals surface area (Å²) in [5, 5.41) is 10.2. The number of nitrogen functional groups attached to an aromatic ring is 1. The molecule has 1 aromatic carbocycles. The number of benzene rings is 1. The van der Waals surface area contributed by atoms with Crippen LogP contribution in [0.5, 0.6) is 5.88 Å². The zero-order chi connectivity index (χ0) is 14.0. The van der Waals surface area contributed by atoms with E-state index in [0.29, 0.717) is 33.9 Å². The van der Waals surface area contributed by atoms with Crippen LogP contribution in [0.25, 0.3) is 0 Å². The quantitative estimate of drug-likeness (QED) is 0.945. The normalized spacial score (nSPS) is 10.2. The SMILES string of the molecule is COc1c(N)cc(C#N)n1Cc1ccc(Cl)cc1Cl. The number of anilines is 1. The maximum atomic E-state index is 9.11. The fourth-order valence-electron chi connectivity index (χ4n) is 1.85. The number of nitrogens with zero attached hydrogens (tertiary/aromatic N) is 2. The third kappa shape index (κ3) is 2.62. The van der Waals surface area contributed by atoms with Gasteiger partial charge in [-0.3, -0.25) is 4.57 Å². The molecule has 1 heterocycles. The molecule has 0 bridgehead atoms. The van der Waals surface area contributed by atoms with Gasteiger partial charge in [-0.1, -0.05) is 29.3 Å². The van der Waals surface area contributed by atoms with Crippen LogP contribution in [0.3, 0.4) is 0 Å². The fourth-order valence-corrected chi connectivity index (χ4v) is 2.32. The summed E-state index contributed by atoms with van der Waals surface area (Å²) in [5.41, 5.74) is 7.46. The van der Waals surface area contributed by atoms with Crippen molar-refractivity contribution < 1.29 is 4.74 Å². The lowest BCUT2D eigenvalue weighted by molar-refractivity contribution is 0.379. The van der Waals surface area contributed by atoms with Crippen LogP contribution < -0.4 is 10.5 Å². The van der Waals surface area contributed by atoms with Gasteiger partial charge in [0, 0.05) is 16.1 Å². The largest absolute Gasteiger partial charge is 0.481 e. The Hall–Kier alpha value is -1.83. The summed E-state index contributed by atoms with van der Waals surface area (Å²) in [4.78, 5) is 0. The minimum absolute atomic E-state index is 0.388. The Morgan fingerprint density at radius 2 is 2.11 bits per heavy atom. The fraction of sp³-hybridized carbons (Fsp3) is 0.154. The van der Waals surface area contributed by atoms with Crippen LogP contribution in [0.15, 0.2) is 24.3 Å². The number of aromatic nitrogens is 1. The van der Waals surface area contributed by atoms with E-state index < -0.39 is 0 Å². The van der Waals surface area contributed by atoms with Gasteiger partial charge >= 0.3 is 0 Å². The van der Waals surface area contributed by atoms with Crippen molar-refractivity contribution in [2.75, 3.05) is 12.8 Å². The van der Waals surface area contributed by atoms with Gasteiger partial charge in [0.2, 0.25) is 5.88 Å². The van der Waals surface area contributed by atoms with E-state index >= 15 is 0 Å². The molecule has 6 heteroatoms. The Balaban J connectivity index is 2.46. The van der Waals surface area contributed by atoms with Gasteiger partial charge in [0.15, 0.2) is 0 Å². The average Bonchev–Trinajstić information content (AvgIpc) is 2.68. The van der Waals surface area contributed by atoms with E-state index in [1.54, 1.807) is 28.8 Å². The van der Waals surface area contributed by atoms with Crippen molar-refractivity contribution in [2.24, 2.45) is 0 Å². The van der Waals surface area contributed by atoms with E-state index in [2.05, 4.69) is 6.07 Å². The summed E-state index contributed by atoms with van der Waals surface area (Å²) < 4.78 is 6.88. The van der Waals surface area contributed by atoms with Crippen LogP contribution in [0.4, 0.5) is 5.69 Å². The first-order valence-electron chi connectivity index (χ1n) is 5.43. The van der Waals surface area contributed by atoms with Crippen molar-refractivity contribution >= 4 is 28.9 Å². The number of methoxy groups -OCH3 is 1. The van der Waals surface area contributed by atoms with Gasteiger partial charge < -0.3 is 10.5 Å². The second kappa shape index (κ2) is 5.43. The monoisotopic (exact) mass is 295 g/mol. The van der Waals surface area contributed by atoms with Gasteiger partial charge in [-0.25, -0.2) is 0 Å². The van der Waals surface area contributed by atoms with Crippen LogP contribution in [0.2, 0.25) is 10.0 Å². The highest BCUT2D eigenvalue weighted by Crippen LogP contribution is 2.29. The molecule has 0 aliphatic heterocycles. The van der Waals surface area contributed by atoms with E-state index in [9.17, 15) is 0 Å². The second-order valence-electron chi connectivity index (χ2n) is 3.93. The molecular formula is C13H11Cl2N3O. The topological polar surface area (TPSA) is 64.0 Å². The van der Waals surface area contributed by atoms with Crippen LogP contribution >= 0.6 is 23.2 Å².